The Bertz CT molecular complexity index is 632. The number of hydrogen-bond acceptors (Lipinski definition) is 3. The van der Waals surface area contributed by atoms with Gasteiger partial charge in [0.15, 0.2) is 10.2 Å². The van der Waals surface area contributed by atoms with Crippen LogP contribution in [0.25, 0.3) is 0 Å². The van der Waals surface area contributed by atoms with Gasteiger partial charge in [-0.3, -0.25) is 10.9 Å². The molecule has 0 saturated heterocycles. The summed E-state index contributed by atoms with van der Waals surface area (Å²) in [5.74, 6) is 1.33. The van der Waals surface area contributed by atoms with Crippen LogP contribution in [-0.2, 0) is 0 Å². The Morgan fingerprint density at radius 2 is 1.96 bits per heavy atom. The summed E-state index contributed by atoms with van der Waals surface area (Å²) in [4.78, 5) is 1.19. The summed E-state index contributed by atoms with van der Waals surface area (Å²) in [7, 11) is 0. The third-order valence-electron chi connectivity index (χ3n) is 4.21. The van der Waals surface area contributed by atoms with Crippen molar-refractivity contribution in [2.45, 2.75) is 23.8 Å². The summed E-state index contributed by atoms with van der Waals surface area (Å²) in [6, 6.07) is 8.53. The summed E-state index contributed by atoms with van der Waals surface area (Å²) < 4.78 is 0. The van der Waals surface area contributed by atoms with Gasteiger partial charge in [-0.1, -0.05) is 18.2 Å². The van der Waals surface area contributed by atoms with Crippen molar-refractivity contribution < 1.29 is 0 Å². The van der Waals surface area contributed by atoms with Crippen LogP contribution in [0.15, 0.2) is 41.3 Å². The van der Waals surface area contributed by atoms with Gasteiger partial charge in [0, 0.05) is 16.6 Å². The molecule has 1 fully saturated rings. The Labute approximate surface area is 151 Å². The van der Waals surface area contributed by atoms with E-state index in [1.54, 1.807) is 11.8 Å². The molecule has 122 valence electrons. The third kappa shape index (κ3) is 4.37. The van der Waals surface area contributed by atoms with Crippen LogP contribution in [0, 0.1) is 11.8 Å². The van der Waals surface area contributed by atoms with E-state index >= 15 is 0 Å². The second-order valence-electron chi connectivity index (χ2n) is 5.80. The number of fused-ring (bicyclic) bond motifs is 2. The van der Waals surface area contributed by atoms with Crippen molar-refractivity contribution in [1.29, 1.82) is 0 Å². The molecule has 0 spiro atoms. The summed E-state index contributed by atoms with van der Waals surface area (Å²) in [6.07, 6.45) is 9.07. The minimum absolute atomic E-state index is 0.437. The van der Waals surface area contributed by atoms with Crippen molar-refractivity contribution in [2.24, 2.45) is 11.8 Å². The van der Waals surface area contributed by atoms with Crippen molar-refractivity contribution in [3.8, 4) is 0 Å². The van der Waals surface area contributed by atoms with Crippen molar-refractivity contribution in [1.82, 2.24) is 16.2 Å². The maximum atomic E-state index is 5.33. The van der Waals surface area contributed by atoms with E-state index in [9.17, 15) is 0 Å². The number of nitrogens with one attached hydrogen (secondary N) is 4. The first-order valence-corrected chi connectivity index (χ1v) is 9.64. The maximum Gasteiger partial charge on any atom is 0.189 e. The van der Waals surface area contributed by atoms with E-state index in [-0.39, 0.29) is 0 Å². The van der Waals surface area contributed by atoms with Crippen molar-refractivity contribution in [3.63, 3.8) is 0 Å². The Hall–Kier alpha value is -1.31. The zero-order valence-corrected chi connectivity index (χ0v) is 15.3. The molecule has 3 atom stereocenters. The average molecular weight is 365 g/mol. The fourth-order valence-electron chi connectivity index (χ4n) is 3.13. The van der Waals surface area contributed by atoms with Crippen LogP contribution in [0.5, 0.6) is 0 Å². The zero-order chi connectivity index (χ0) is 16.2. The highest BCUT2D eigenvalue weighted by molar-refractivity contribution is 7.98. The molecule has 3 unspecified atom stereocenters. The Morgan fingerprint density at radius 3 is 2.65 bits per heavy atom. The summed E-state index contributed by atoms with van der Waals surface area (Å²) in [6.45, 7) is 0. The van der Waals surface area contributed by atoms with Gasteiger partial charge in [0.1, 0.15) is 0 Å². The summed E-state index contributed by atoms with van der Waals surface area (Å²) >= 11 is 12.3. The molecule has 7 heteroatoms. The smallest absolute Gasteiger partial charge is 0.189 e. The van der Waals surface area contributed by atoms with Gasteiger partial charge in [0.2, 0.25) is 0 Å². The highest BCUT2D eigenvalue weighted by Gasteiger charge is 2.35. The number of thioether (sulfide) groups is 1. The van der Waals surface area contributed by atoms with Gasteiger partial charge in [0.05, 0.1) is 0 Å². The molecule has 1 aromatic carbocycles. The molecule has 23 heavy (non-hydrogen) atoms. The standard InChI is InChI=1S/C16H20N4S3/c1-23-13-4-2-3-12(9-13)17-15(21)19-20-16(22)18-14-8-10-5-6-11(14)7-10/h2-6,9-11,14H,7-8H2,1H3,(H2,17,19,21)(H2,18,20,22). The molecule has 0 radical (unpaired) electrons. The average Bonchev–Trinajstić information content (AvgIpc) is 3.16. The quantitative estimate of drug-likeness (QED) is 0.285. The van der Waals surface area contributed by atoms with Crippen LogP contribution in [0.3, 0.4) is 0 Å². The maximum absolute atomic E-state index is 5.33. The normalized spacial score (nSPS) is 24.3. The van der Waals surface area contributed by atoms with Crippen LogP contribution in [0.2, 0.25) is 0 Å². The molecule has 4 nitrogen and oxygen atoms in total. The molecule has 2 aliphatic rings. The molecule has 1 aromatic rings. The van der Waals surface area contributed by atoms with Gasteiger partial charge in [-0.15, -0.1) is 11.8 Å². The van der Waals surface area contributed by atoms with Crippen LogP contribution < -0.4 is 21.5 Å². The zero-order valence-electron chi connectivity index (χ0n) is 12.8. The molecular formula is C16H20N4S3. The first-order chi connectivity index (χ1) is 11.1. The van der Waals surface area contributed by atoms with Crippen LogP contribution in [-0.4, -0.2) is 22.5 Å². The van der Waals surface area contributed by atoms with Gasteiger partial charge in [-0.2, -0.15) is 0 Å². The van der Waals surface area contributed by atoms with Crippen LogP contribution in [0.1, 0.15) is 12.8 Å². The lowest BCUT2D eigenvalue weighted by Gasteiger charge is -2.22. The number of thiocarbonyl (C=S) groups is 2. The van der Waals surface area contributed by atoms with Gasteiger partial charge >= 0.3 is 0 Å². The van der Waals surface area contributed by atoms with Crippen molar-refractivity contribution in [3.05, 3.63) is 36.4 Å². The number of allylic oxidation sites excluding steroid dienone is 1. The lowest BCUT2D eigenvalue weighted by molar-refractivity contribution is 0.518. The second kappa shape index (κ2) is 7.51. The minimum atomic E-state index is 0.437. The van der Waals surface area contributed by atoms with E-state index in [0.717, 1.165) is 18.0 Å². The number of hydrazine groups is 1. The lowest BCUT2D eigenvalue weighted by Crippen LogP contribution is -2.51. The fraction of sp³-hybridized carbons (Fsp3) is 0.375. The molecule has 2 bridgehead atoms. The molecule has 0 heterocycles. The van der Waals surface area contributed by atoms with E-state index in [0.29, 0.717) is 22.2 Å². The largest absolute Gasteiger partial charge is 0.358 e. The summed E-state index contributed by atoms with van der Waals surface area (Å²) in [5.41, 5.74) is 6.84. The number of benzene rings is 1. The van der Waals surface area contributed by atoms with Crippen molar-refractivity contribution in [2.75, 3.05) is 11.6 Å². The topological polar surface area (TPSA) is 48.1 Å². The Morgan fingerprint density at radius 1 is 1.13 bits per heavy atom. The van der Waals surface area contributed by atoms with E-state index < -0.39 is 0 Å². The first-order valence-electron chi connectivity index (χ1n) is 7.60. The molecule has 4 N–H and O–H groups in total. The SMILES string of the molecule is CSc1cccc(NC(=S)NNC(=S)NC2CC3C=CC2C3)c1. The Kier molecular flexibility index (Phi) is 5.40. The van der Waals surface area contributed by atoms with Gasteiger partial charge in [-0.25, -0.2) is 0 Å². The van der Waals surface area contributed by atoms with Crippen LogP contribution in [0.4, 0.5) is 5.69 Å². The highest BCUT2D eigenvalue weighted by Crippen LogP contribution is 2.38. The molecule has 0 aliphatic heterocycles. The first kappa shape index (κ1) is 16.5. The van der Waals surface area contributed by atoms with E-state index in [4.69, 9.17) is 24.4 Å². The predicted molar refractivity (Wildman–Crippen MR) is 106 cm³/mol. The van der Waals surface area contributed by atoms with E-state index in [1.807, 2.05) is 18.4 Å². The molecule has 1 saturated carbocycles. The minimum Gasteiger partial charge on any atom is -0.358 e. The fourth-order valence-corrected chi connectivity index (χ4v) is 3.96. The number of rotatable bonds is 3. The molecule has 3 rings (SSSR count). The van der Waals surface area contributed by atoms with Gasteiger partial charge in [0.25, 0.3) is 0 Å². The second-order valence-corrected chi connectivity index (χ2v) is 7.49. The predicted octanol–water partition coefficient (Wildman–Crippen LogP) is 3.04. The van der Waals surface area contributed by atoms with Gasteiger partial charge < -0.3 is 10.6 Å². The monoisotopic (exact) mass is 364 g/mol. The lowest BCUT2D eigenvalue weighted by atomic mass is 10.0. The molecule has 0 aromatic heterocycles. The number of anilines is 1. The van der Waals surface area contributed by atoms with E-state index in [2.05, 4.69) is 45.8 Å². The Balaban J connectivity index is 1.41. The third-order valence-corrected chi connectivity index (χ3v) is 5.36. The molecule has 2 aliphatic carbocycles. The molecular weight excluding hydrogens is 344 g/mol. The number of hydrogen-bond donors (Lipinski definition) is 4. The van der Waals surface area contributed by atoms with Gasteiger partial charge in [-0.05, 0) is 73.6 Å². The van der Waals surface area contributed by atoms with Crippen LogP contribution >= 0.6 is 36.2 Å². The highest BCUT2D eigenvalue weighted by atomic mass is 32.2. The van der Waals surface area contributed by atoms with Crippen molar-refractivity contribution >= 4 is 52.1 Å². The van der Waals surface area contributed by atoms with E-state index in [1.165, 1.54) is 11.3 Å². The molecule has 0 amide bonds. The summed E-state index contributed by atoms with van der Waals surface area (Å²) in [5, 5.41) is 7.57.